The fraction of sp³-hybridized carbons (Fsp3) is 0.632. The predicted octanol–water partition coefficient (Wildman–Crippen LogP) is 3.35. The highest BCUT2D eigenvalue weighted by molar-refractivity contribution is 5.74. The van der Waals surface area contributed by atoms with Crippen molar-refractivity contribution in [2.75, 3.05) is 6.54 Å². The van der Waals surface area contributed by atoms with E-state index in [1.807, 2.05) is 18.2 Å². The molecule has 0 aromatic heterocycles. The van der Waals surface area contributed by atoms with E-state index in [9.17, 15) is 4.79 Å². The van der Waals surface area contributed by atoms with Crippen LogP contribution in [0.3, 0.4) is 0 Å². The van der Waals surface area contributed by atoms with Gasteiger partial charge in [0, 0.05) is 12.6 Å². The van der Waals surface area contributed by atoms with Gasteiger partial charge in [0.25, 0.3) is 0 Å². The maximum atomic E-state index is 12.1. The highest BCUT2D eigenvalue weighted by Crippen LogP contribution is 2.58. The second-order valence-electron chi connectivity index (χ2n) is 7.40. The first kappa shape index (κ1) is 14.1. The molecule has 2 N–H and O–H groups in total. The molecule has 4 rings (SSSR count). The molecule has 0 saturated heterocycles. The van der Waals surface area contributed by atoms with Crippen LogP contribution in [-0.2, 0) is 6.42 Å². The van der Waals surface area contributed by atoms with Crippen LogP contribution in [0.25, 0.3) is 0 Å². The molecule has 0 heterocycles. The number of hydrogen-bond donors (Lipinski definition) is 2. The Labute approximate surface area is 132 Å². The smallest absolute Gasteiger partial charge is 0.315 e. The second kappa shape index (κ2) is 5.94. The van der Waals surface area contributed by atoms with Crippen molar-refractivity contribution < 1.29 is 4.79 Å². The number of urea groups is 1. The lowest BCUT2D eigenvalue weighted by Crippen LogP contribution is -2.47. The van der Waals surface area contributed by atoms with Crippen LogP contribution in [0.5, 0.6) is 0 Å². The maximum Gasteiger partial charge on any atom is 0.315 e. The van der Waals surface area contributed by atoms with Gasteiger partial charge in [0.05, 0.1) is 0 Å². The van der Waals surface area contributed by atoms with Crippen LogP contribution in [-0.4, -0.2) is 18.6 Å². The van der Waals surface area contributed by atoms with Crippen LogP contribution >= 0.6 is 0 Å². The van der Waals surface area contributed by atoms with Gasteiger partial charge in [-0.3, -0.25) is 0 Å². The predicted molar refractivity (Wildman–Crippen MR) is 87.5 cm³/mol. The first-order chi connectivity index (χ1) is 10.8. The van der Waals surface area contributed by atoms with E-state index < -0.39 is 0 Å². The molecular weight excluding hydrogens is 272 g/mol. The molecule has 2 bridgehead atoms. The number of hydrogen-bond acceptors (Lipinski definition) is 1. The standard InChI is InChI=1S/C19H26N2O/c22-19(20-10-9-13-5-2-1-3-6-13)21-18-12-14-11-17(18)16-8-4-7-15(14)16/h1-3,5-6,14-18H,4,7-12H2,(H2,20,21,22). The van der Waals surface area contributed by atoms with Gasteiger partial charge >= 0.3 is 6.03 Å². The van der Waals surface area contributed by atoms with Crippen LogP contribution in [0, 0.1) is 23.7 Å². The van der Waals surface area contributed by atoms with Gasteiger partial charge < -0.3 is 10.6 Å². The zero-order chi connectivity index (χ0) is 14.9. The Hall–Kier alpha value is -1.51. The molecule has 3 nitrogen and oxygen atoms in total. The first-order valence-corrected chi connectivity index (χ1v) is 8.89. The SMILES string of the molecule is O=C(NCCc1ccccc1)NC1CC2CC1C1CCCC21. The van der Waals surface area contributed by atoms with Crippen LogP contribution in [0.1, 0.15) is 37.7 Å². The lowest BCUT2D eigenvalue weighted by Gasteiger charge is -2.32. The highest BCUT2D eigenvalue weighted by atomic mass is 16.2. The van der Waals surface area contributed by atoms with Crippen molar-refractivity contribution in [2.24, 2.45) is 23.7 Å². The van der Waals surface area contributed by atoms with E-state index in [1.54, 1.807) is 0 Å². The average molecular weight is 298 g/mol. The summed E-state index contributed by atoms with van der Waals surface area (Å²) in [5.74, 6) is 3.56. The largest absolute Gasteiger partial charge is 0.338 e. The van der Waals surface area contributed by atoms with Gasteiger partial charge in [0.1, 0.15) is 0 Å². The summed E-state index contributed by atoms with van der Waals surface area (Å²) < 4.78 is 0. The molecular formula is C19H26N2O. The number of amides is 2. The number of nitrogens with one attached hydrogen (secondary N) is 2. The highest BCUT2D eigenvalue weighted by Gasteiger charge is 2.53. The summed E-state index contributed by atoms with van der Waals surface area (Å²) >= 11 is 0. The summed E-state index contributed by atoms with van der Waals surface area (Å²) in [4.78, 5) is 12.1. The molecule has 3 saturated carbocycles. The molecule has 5 atom stereocenters. The normalized spacial score (nSPS) is 35.4. The van der Waals surface area contributed by atoms with Crippen molar-refractivity contribution in [1.29, 1.82) is 0 Å². The molecule has 22 heavy (non-hydrogen) atoms. The number of rotatable bonds is 4. The summed E-state index contributed by atoms with van der Waals surface area (Å²) in [6.45, 7) is 0.711. The monoisotopic (exact) mass is 298 g/mol. The zero-order valence-electron chi connectivity index (χ0n) is 13.1. The Balaban J connectivity index is 1.23. The van der Waals surface area contributed by atoms with E-state index in [0.717, 1.165) is 30.1 Å². The van der Waals surface area contributed by atoms with Gasteiger partial charge in [0.2, 0.25) is 0 Å². The van der Waals surface area contributed by atoms with E-state index in [4.69, 9.17) is 0 Å². The van der Waals surface area contributed by atoms with Crippen LogP contribution in [0.4, 0.5) is 4.79 Å². The molecule has 3 heteroatoms. The van der Waals surface area contributed by atoms with E-state index >= 15 is 0 Å². The lowest BCUT2D eigenvalue weighted by molar-refractivity contribution is 0.198. The molecule has 5 unspecified atom stereocenters. The minimum absolute atomic E-state index is 0.0306. The number of benzene rings is 1. The van der Waals surface area contributed by atoms with Crippen molar-refractivity contribution in [2.45, 2.75) is 44.6 Å². The molecule has 3 fully saturated rings. The molecule has 3 aliphatic rings. The van der Waals surface area contributed by atoms with Gasteiger partial charge in [-0.1, -0.05) is 36.8 Å². The molecule has 3 aliphatic carbocycles. The van der Waals surface area contributed by atoms with Crippen molar-refractivity contribution >= 4 is 6.03 Å². The second-order valence-corrected chi connectivity index (χ2v) is 7.40. The maximum absolute atomic E-state index is 12.1. The Morgan fingerprint density at radius 1 is 1.05 bits per heavy atom. The van der Waals surface area contributed by atoms with Gasteiger partial charge in [-0.25, -0.2) is 4.79 Å². The van der Waals surface area contributed by atoms with Gasteiger partial charge in [-0.05, 0) is 61.3 Å². The van der Waals surface area contributed by atoms with Gasteiger partial charge in [0.15, 0.2) is 0 Å². The zero-order valence-corrected chi connectivity index (χ0v) is 13.1. The van der Waals surface area contributed by atoms with Crippen LogP contribution < -0.4 is 10.6 Å². The third-order valence-electron chi connectivity index (χ3n) is 6.29. The number of fused-ring (bicyclic) bond motifs is 5. The minimum Gasteiger partial charge on any atom is -0.338 e. The Kier molecular flexibility index (Phi) is 3.81. The molecule has 0 radical (unpaired) electrons. The summed E-state index contributed by atoms with van der Waals surface area (Å²) in [6, 6.07) is 10.8. The first-order valence-electron chi connectivity index (χ1n) is 8.89. The van der Waals surface area contributed by atoms with Crippen molar-refractivity contribution in [3.8, 4) is 0 Å². The van der Waals surface area contributed by atoms with E-state index in [1.165, 1.54) is 37.7 Å². The van der Waals surface area contributed by atoms with Crippen molar-refractivity contribution in [3.05, 3.63) is 35.9 Å². The summed E-state index contributed by atoms with van der Waals surface area (Å²) in [6.07, 6.45) is 7.75. The third-order valence-corrected chi connectivity index (χ3v) is 6.29. The van der Waals surface area contributed by atoms with E-state index in [2.05, 4.69) is 22.8 Å². The van der Waals surface area contributed by atoms with Crippen LogP contribution in [0.15, 0.2) is 30.3 Å². The van der Waals surface area contributed by atoms with Crippen molar-refractivity contribution in [3.63, 3.8) is 0 Å². The third kappa shape index (κ3) is 2.62. The van der Waals surface area contributed by atoms with Crippen LogP contribution in [0.2, 0.25) is 0 Å². The molecule has 1 aromatic carbocycles. The van der Waals surface area contributed by atoms with Crippen molar-refractivity contribution in [1.82, 2.24) is 10.6 Å². The number of carbonyl (C=O) groups excluding carboxylic acids is 1. The van der Waals surface area contributed by atoms with E-state index in [-0.39, 0.29) is 6.03 Å². The Morgan fingerprint density at radius 3 is 2.73 bits per heavy atom. The summed E-state index contributed by atoms with van der Waals surface area (Å²) in [7, 11) is 0. The molecule has 0 spiro atoms. The quantitative estimate of drug-likeness (QED) is 0.879. The fourth-order valence-corrected chi connectivity index (χ4v) is 5.42. The summed E-state index contributed by atoms with van der Waals surface area (Å²) in [5, 5.41) is 6.29. The Bertz CT molecular complexity index is 529. The molecule has 1 aromatic rings. The topological polar surface area (TPSA) is 41.1 Å². The average Bonchev–Trinajstić information content (AvgIpc) is 3.20. The van der Waals surface area contributed by atoms with E-state index in [0.29, 0.717) is 12.6 Å². The van der Waals surface area contributed by atoms with Gasteiger partial charge in [-0.15, -0.1) is 0 Å². The molecule has 2 amide bonds. The molecule has 0 aliphatic heterocycles. The van der Waals surface area contributed by atoms with Gasteiger partial charge in [-0.2, -0.15) is 0 Å². The lowest BCUT2D eigenvalue weighted by atomic mass is 9.79. The summed E-state index contributed by atoms with van der Waals surface area (Å²) in [5.41, 5.74) is 1.27. The number of carbonyl (C=O) groups is 1. The minimum atomic E-state index is 0.0306. The Morgan fingerprint density at radius 2 is 1.86 bits per heavy atom. The molecule has 118 valence electrons. The fourth-order valence-electron chi connectivity index (χ4n) is 5.42.